The van der Waals surface area contributed by atoms with Crippen molar-refractivity contribution in [2.24, 2.45) is 23.2 Å². The number of anilines is 1. The van der Waals surface area contributed by atoms with Gasteiger partial charge in [-0.2, -0.15) is 0 Å². The molecule has 0 bridgehead atoms. The smallest absolute Gasteiger partial charge is 0.251 e. The van der Waals surface area contributed by atoms with Gasteiger partial charge in [-0.05, 0) is 78.7 Å². The summed E-state index contributed by atoms with van der Waals surface area (Å²) in [7, 11) is 0. The lowest BCUT2D eigenvalue weighted by Gasteiger charge is -2.42. The lowest BCUT2D eigenvalue weighted by Crippen LogP contribution is -2.35. The minimum Gasteiger partial charge on any atom is -0.373 e. The van der Waals surface area contributed by atoms with Crippen LogP contribution in [0.5, 0.6) is 0 Å². The zero-order valence-electron chi connectivity index (χ0n) is 23.6. The van der Waals surface area contributed by atoms with Crippen LogP contribution in [0.4, 0.5) is 5.69 Å². The van der Waals surface area contributed by atoms with Gasteiger partial charge in [-0.1, -0.05) is 88.8 Å². The number of ether oxygens (including phenoxy) is 1. The molecule has 198 valence electrons. The Morgan fingerprint density at radius 1 is 1.14 bits per heavy atom. The van der Waals surface area contributed by atoms with Gasteiger partial charge in [0.2, 0.25) is 0 Å². The van der Waals surface area contributed by atoms with Crippen LogP contribution >= 0.6 is 0 Å². The van der Waals surface area contributed by atoms with Crippen LogP contribution in [0.1, 0.15) is 73.6 Å². The number of benzene rings is 1. The molecule has 0 heterocycles. The number of para-hydroxylation sites is 1. The van der Waals surface area contributed by atoms with E-state index < -0.39 is 0 Å². The van der Waals surface area contributed by atoms with Crippen LogP contribution in [0.15, 0.2) is 88.6 Å². The first kappa shape index (κ1) is 27.4. The second-order valence-electron chi connectivity index (χ2n) is 11.9. The van der Waals surface area contributed by atoms with Crippen LogP contribution in [0.3, 0.4) is 0 Å². The Kier molecular flexibility index (Phi) is 8.75. The zero-order chi connectivity index (χ0) is 26.6. The van der Waals surface area contributed by atoms with Crippen molar-refractivity contribution in [1.29, 1.82) is 0 Å². The molecule has 0 aliphatic heterocycles. The summed E-state index contributed by atoms with van der Waals surface area (Å²) < 4.78 is 6.75. The van der Waals surface area contributed by atoms with Gasteiger partial charge < -0.3 is 10.1 Å². The predicted octanol–water partition coefficient (Wildman–Crippen LogP) is 8.59. The van der Waals surface area contributed by atoms with Gasteiger partial charge in [0, 0.05) is 23.6 Å². The SMILES string of the molecule is C/C=C\C(=C/C(C)C)COC1CC(C(=O)Nc2ccccc2)=CC=C2C3=C(C(C)C)CCC3(C)CCC21. The molecule has 0 aromatic heterocycles. The molecular weight excluding hydrogens is 454 g/mol. The van der Waals surface area contributed by atoms with Gasteiger partial charge in [0.15, 0.2) is 0 Å². The van der Waals surface area contributed by atoms with Crippen molar-refractivity contribution in [3.05, 3.63) is 88.6 Å². The van der Waals surface area contributed by atoms with Gasteiger partial charge in [-0.3, -0.25) is 4.79 Å². The standard InChI is InChI=1S/C34H45NO2/c1-7-11-25(20-23(2)3)22-37-31-21-26(33(36)35-27-12-9-8-10-13-27)14-15-30-29(31)17-19-34(6)18-16-28(24(4)5)32(30)34/h7-15,20,23-24,29,31H,16-19,21-22H2,1-6H3,(H,35,36)/b11-7-,25-20+. The predicted molar refractivity (Wildman–Crippen MR) is 155 cm³/mol. The van der Waals surface area contributed by atoms with E-state index in [4.69, 9.17) is 4.74 Å². The van der Waals surface area contributed by atoms with E-state index in [0.717, 1.165) is 17.7 Å². The molecule has 0 saturated heterocycles. The summed E-state index contributed by atoms with van der Waals surface area (Å²) in [5, 5.41) is 3.11. The molecule has 0 radical (unpaired) electrons. The zero-order valence-corrected chi connectivity index (χ0v) is 23.6. The number of carbonyl (C=O) groups excluding carboxylic acids is 1. The summed E-state index contributed by atoms with van der Waals surface area (Å²) >= 11 is 0. The fourth-order valence-electron chi connectivity index (χ4n) is 6.51. The third-order valence-corrected chi connectivity index (χ3v) is 8.31. The van der Waals surface area contributed by atoms with Crippen molar-refractivity contribution in [2.45, 2.75) is 79.8 Å². The number of nitrogens with one attached hydrogen (secondary N) is 1. The Balaban J connectivity index is 1.69. The fourth-order valence-corrected chi connectivity index (χ4v) is 6.51. The number of hydrogen-bond donors (Lipinski definition) is 1. The highest BCUT2D eigenvalue weighted by atomic mass is 16.5. The van der Waals surface area contributed by atoms with Crippen molar-refractivity contribution < 1.29 is 9.53 Å². The molecule has 3 unspecified atom stereocenters. The van der Waals surface area contributed by atoms with Crippen LogP contribution in [0, 0.1) is 23.2 Å². The van der Waals surface area contributed by atoms with Crippen LogP contribution in [0.2, 0.25) is 0 Å². The summed E-state index contributed by atoms with van der Waals surface area (Å²) in [6.07, 6.45) is 16.2. The molecule has 1 fully saturated rings. The number of carbonyl (C=O) groups is 1. The Morgan fingerprint density at radius 3 is 2.57 bits per heavy atom. The number of amides is 1. The van der Waals surface area contributed by atoms with Gasteiger partial charge in [0.1, 0.15) is 0 Å². The van der Waals surface area contributed by atoms with E-state index in [9.17, 15) is 4.79 Å². The highest BCUT2D eigenvalue weighted by molar-refractivity contribution is 6.04. The molecule has 1 amide bonds. The molecule has 37 heavy (non-hydrogen) atoms. The van der Waals surface area contributed by atoms with E-state index in [1.165, 1.54) is 30.4 Å². The Bertz CT molecular complexity index is 1130. The molecule has 3 aliphatic rings. The van der Waals surface area contributed by atoms with Crippen LogP contribution in [-0.2, 0) is 9.53 Å². The molecule has 4 rings (SSSR count). The van der Waals surface area contributed by atoms with E-state index in [1.807, 2.05) is 30.3 Å². The van der Waals surface area contributed by atoms with Gasteiger partial charge >= 0.3 is 0 Å². The van der Waals surface area contributed by atoms with Crippen molar-refractivity contribution in [2.75, 3.05) is 11.9 Å². The maximum atomic E-state index is 13.4. The molecule has 3 heteroatoms. The monoisotopic (exact) mass is 499 g/mol. The topological polar surface area (TPSA) is 38.3 Å². The first-order valence-electron chi connectivity index (χ1n) is 14.2. The van der Waals surface area contributed by atoms with Crippen LogP contribution < -0.4 is 5.32 Å². The minimum absolute atomic E-state index is 0.0334. The fraction of sp³-hybridized carbons (Fsp3) is 0.500. The molecule has 3 nitrogen and oxygen atoms in total. The van der Waals surface area contributed by atoms with Crippen LogP contribution in [-0.4, -0.2) is 18.6 Å². The minimum atomic E-state index is -0.0339. The summed E-state index contributed by atoms with van der Waals surface area (Å²) in [5.74, 6) is 1.27. The third-order valence-electron chi connectivity index (χ3n) is 8.31. The average molecular weight is 500 g/mol. The third kappa shape index (κ3) is 6.26. The van der Waals surface area contributed by atoms with Crippen LogP contribution in [0.25, 0.3) is 0 Å². The molecule has 0 spiro atoms. The molecule has 3 atom stereocenters. The molecule has 1 aromatic rings. The lowest BCUT2D eigenvalue weighted by molar-refractivity contribution is -0.113. The Morgan fingerprint density at radius 2 is 1.89 bits per heavy atom. The van der Waals surface area contributed by atoms with E-state index in [-0.39, 0.29) is 17.4 Å². The normalized spacial score (nSPS) is 26.2. The highest BCUT2D eigenvalue weighted by Crippen LogP contribution is 2.58. The van der Waals surface area contributed by atoms with E-state index in [0.29, 0.717) is 30.8 Å². The highest BCUT2D eigenvalue weighted by Gasteiger charge is 2.46. The van der Waals surface area contributed by atoms with Crippen molar-refractivity contribution in [3.8, 4) is 0 Å². The second kappa shape index (κ2) is 11.8. The van der Waals surface area contributed by atoms with E-state index >= 15 is 0 Å². The number of rotatable bonds is 8. The van der Waals surface area contributed by atoms with E-state index in [1.54, 1.807) is 11.1 Å². The Labute approximate surface area is 224 Å². The molecule has 1 N–H and O–H groups in total. The van der Waals surface area contributed by atoms with Gasteiger partial charge in [-0.15, -0.1) is 0 Å². The average Bonchev–Trinajstić information content (AvgIpc) is 3.11. The number of allylic oxidation sites excluding steroid dienone is 6. The molecule has 3 aliphatic carbocycles. The molecule has 1 saturated carbocycles. The molecular formula is C34H45NO2. The van der Waals surface area contributed by atoms with E-state index in [2.05, 4.69) is 77.2 Å². The van der Waals surface area contributed by atoms with Gasteiger partial charge in [0.05, 0.1) is 12.7 Å². The molecule has 1 aromatic carbocycles. The maximum Gasteiger partial charge on any atom is 0.251 e. The van der Waals surface area contributed by atoms with Crippen molar-refractivity contribution >= 4 is 11.6 Å². The van der Waals surface area contributed by atoms with Gasteiger partial charge in [0.25, 0.3) is 5.91 Å². The second-order valence-corrected chi connectivity index (χ2v) is 11.9. The largest absolute Gasteiger partial charge is 0.373 e. The first-order chi connectivity index (χ1) is 17.7. The van der Waals surface area contributed by atoms with Crippen molar-refractivity contribution in [1.82, 2.24) is 0 Å². The summed E-state index contributed by atoms with van der Waals surface area (Å²) in [6.45, 7) is 14.1. The van der Waals surface area contributed by atoms with Gasteiger partial charge in [-0.25, -0.2) is 0 Å². The van der Waals surface area contributed by atoms with Crippen molar-refractivity contribution in [3.63, 3.8) is 0 Å². The summed E-state index contributed by atoms with van der Waals surface area (Å²) in [5.41, 5.74) is 7.66. The number of fused-ring (bicyclic) bond motifs is 3. The summed E-state index contributed by atoms with van der Waals surface area (Å²) in [4.78, 5) is 13.4. The summed E-state index contributed by atoms with van der Waals surface area (Å²) in [6, 6.07) is 9.73. The lowest BCUT2D eigenvalue weighted by atomic mass is 9.64. The number of hydrogen-bond acceptors (Lipinski definition) is 2. The maximum absolute atomic E-state index is 13.4. The first-order valence-corrected chi connectivity index (χ1v) is 14.2. The quantitative estimate of drug-likeness (QED) is 0.364. The Hall–Kier alpha value is -2.65.